The van der Waals surface area contributed by atoms with Crippen molar-refractivity contribution in [2.24, 2.45) is 11.7 Å². The number of nitrogens with two attached hydrogens (primary N) is 1. The van der Waals surface area contributed by atoms with Crippen molar-refractivity contribution in [3.05, 3.63) is 40.4 Å². The number of nitrogens with zero attached hydrogens (tertiary/aromatic N) is 2. The predicted octanol–water partition coefficient (Wildman–Crippen LogP) is 3.47. The second-order valence-electron chi connectivity index (χ2n) is 6.50. The Hall–Kier alpha value is -2.42. The van der Waals surface area contributed by atoms with Crippen LogP contribution in [0.15, 0.2) is 24.3 Å². The molecule has 1 unspecified atom stereocenters. The van der Waals surface area contributed by atoms with Gasteiger partial charge in [-0.15, -0.1) is 11.3 Å². The van der Waals surface area contributed by atoms with Gasteiger partial charge in [0, 0.05) is 18.7 Å². The quantitative estimate of drug-likeness (QED) is 0.862. The number of thiazole rings is 1. The molecule has 144 valence electrons. The summed E-state index contributed by atoms with van der Waals surface area (Å²) >= 11 is 1.14. The minimum Gasteiger partial charge on any atom is -0.369 e. The van der Waals surface area contributed by atoms with Gasteiger partial charge in [0.15, 0.2) is 0 Å². The number of likely N-dealkylation sites (tertiary alicyclic amines) is 1. The van der Waals surface area contributed by atoms with Crippen molar-refractivity contribution in [2.75, 3.05) is 13.1 Å². The van der Waals surface area contributed by atoms with Gasteiger partial charge in [-0.3, -0.25) is 9.59 Å². The number of aryl methyl sites for hydroxylation is 1. The van der Waals surface area contributed by atoms with Crippen LogP contribution in [-0.2, 0) is 11.0 Å². The molecule has 1 fully saturated rings. The van der Waals surface area contributed by atoms with Crippen molar-refractivity contribution in [2.45, 2.75) is 25.9 Å². The molecular formula is C18H18F3N3O2S. The lowest BCUT2D eigenvalue weighted by Gasteiger charge is -2.30. The summed E-state index contributed by atoms with van der Waals surface area (Å²) in [5, 5.41) is 0.480. The largest absolute Gasteiger partial charge is 0.416 e. The van der Waals surface area contributed by atoms with E-state index < -0.39 is 17.6 Å². The SMILES string of the molecule is Cc1nc(-c2ccc(C(F)(F)F)cc2)sc1C(=O)N1CCCC(C(N)=O)C1. The highest BCUT2D eigenvalue weighted by Crippen LogP contribution is 2.33. The molecule has 1 aliphatic heterocycles. The fraction of sp³-hybridized carbons (Fsp3) is 0.389. The Morgan fingerprint density at radius 3 is 2.52 bits per heavy atom. The lowest BCUT2D eigenvalue weighted by atomic mass is 9.97. The van der Waals surface area contributed by atoms with E-state index in [1.807, 2.05) is 0 Å². The Morgan fingerprint density at radius 1 is 1.26 bits per heavy atom. The maximum absolute atomic E-state index is 12.8. The highest BCUT2D eigenvalue weighted by atomic mass is 32.1. The average molecular weight is 397 g/mol. The zero-order valence-corrected chi connectivity index (χ0v) is 15.4. The van der Waals surface area contributed by atoms with Crippen LogP contribution in [0.25, 0.3) is 10.6 Å². The molecule has 2 amide bonds. The van der Waals surface area contributed by atoms with Gasteiger partial charge in [0.2, 0.25) is 5.91 Å². The van der Waals surface area contributed by atoms with Crippen LogP contribution in [0.3, 0.4) is 0 Å². The van der Waals surface area contributed by atoms with E-state index in [2.05, 4.69) is 4.98 Å². The van der Waals surface area contributed by atoms with E-state index in [0.717, 1.165) is 23.5 Å². The molecule has 5 nitrogen and oxygen atoms in total. The molecule has 9 heteroatoms. The van der Waals surface area contributed by atoms with Crippen LogP contribution in [0.4, 0.5) is 13.2 Å². The molecule has 1 aromatic heterocycles. The van der Waals surface area contributed by atoms with Crippen molar-refractivity contribution in [3.63, 3.8) is 0 Å². The molecule has 2 aromatic rings. The first kappa shape index (κ1) is 19.3. The third-order valence-electron chi connectivity index (χ3n) is 4.56. The minimum atomic E-state index is -4.40. The third kappa shape index (κ3) is 4.13. The van der Waals surface area contributed by atoms with E-state index in [0.29, 0.717) is 40.5 Å². The average Bonchev–Trinajstić information content (AvgIpc) is 3.02. The van der Waals surface area contributed by atoms with Crippen LogP contribution in [0.2, 0.25) is 0 Å². The molecule has 1 aliphatic rings. The van der Waals surface area contributed by atoms with Crippen LogP contribution >= 0.6 is 11.3 Å². The summed E-state index contributed by atoms with van der Waals surface area (Å²) in [6.07, 6.45) is -3.04. The van der Waals surface area contributed by atoms with Gasteiger partial charge in [-0.25, -0.2) is 4.98 Å². The fourth-order valence-electron chi connectivity index (χ4n) is 3.06. The highest BCUT2D eigenvalue weighted by molar-refractivity contribution is 7.17. The molecule has 1 atom stereocenters. The number of piperidine rings is 1. The first-order chi connectivity index (χ1) is 12.7. The summed E-state index contributed by atoms with van der Waals surface area (Å²) in [7, 11) is 0. The number of halogens is 3. The number of aromatic nitrogens is 1. The van der Waals surface area contributed by atoms with E-state index in [1.165, 1.54) is 12.1 Å². The number of amides is 2. The second-order valence-corrected chi connectivity index (χ2v) is 7.50. The van der Waals surface area contributed by atoms with Crippen LogP contribution in [0, 0.1) is 12.8 Å². The van der Waals surface area contributed by atoms with Crippen molar-refractivity contribution in [1.82, 2.24) is 9.88 Å². The number of rotatable bonds is 3. The molecule has 2 heterocycles. The second kappa shape index (κ2) is 7.30. The molecule has 0 aliphatic carbocycles. The van der Waals surface area contributed by atoms with E-state index in [9.17, 15) is 22.8 Å². The summed E-state index contributed by atoms with van der Waals surface area (Å²) in [5.74, 6) is -1.00. The van der Waals surface area contributed by atoms with Gasteiger partial charge < -0.3 is 10.6 Å². The van der Waals surface area contributed by atoms with E-state index in [1.54, 1.807) is 11.8 Å². The molecular weight excluding hydrogens is 379 g/mol. The Labute approximate surface area is 158 Å². The number of primary amides is 1. The van der Waals surface area contributed by atoms with Crippen molar-refractivity contribution < 1.29 is 22.8 Å². The Morgan fingerprint density at radius 2 is 1.93 bits per heavy atom. The summed E-state index contributed by atoms with van der Waals surface area (Å²) in [6.45, 7) is 2.50. The maximum atomic E-state index is 12.8. The number of hydrogen-bond acceptors (Lipinski definition) is 4. The van der Waals surface area contributed by atoms with E-state index in [-0.39, 0.29) is 18.4 Å². The fourth-order valence-corrected chi connectivity index (χ4v) is 4.10. The Kier molecular flexibility index (Phi) is 5.23. The smallest absolute Gasteiger partial charge is 0.369 e. The van der Waals surface area contributed by atoms with E-state index in [4.69, 9.17) is 5.73 Å². The van der Waals surface area contributed by atoms with Gasteiger partial charge in [0.05, 0.1) is 17.2 Å². The summed E-state index contributed by atoms with van der Waals surface area (Å²) in [4.78, 5) is 30.6. The van der Waals surface area contributed by atoms with Gasteiger partial charge in [-0.05, 0) is 31.9 Å². The summed E-state index contributed by atoms with van der Waals surface area (Å²) < 4.78 is 38.1. The van der Waals surface area contributed by atoms with Crippen molar-refractivity contribution >= 4 is 23.2 Å². The molecule has 0 radical (unpaired) electrons. The molecule has 0 spiro atoms. The van der Waals surface area contributed by atoms with Gasteiger partial charge in [0.1, 0.15) is 9.88 Å². The number of benzene rings is 1. The number of alkyl halides is 3. The summed E-state index contributed by atoms with van der Waals surface area (Å²) in [6, 6.07) is 4.68. The molecule has 3 rings (SSSR count). The minimum absolute atomic E-state index is 0.228. The predicted molar refractivity (Wildman–Crippen MR) is 95.1 cm³/mol. The molecule has 0 bridgehead atoms. The van der Waals surface area contributed by atoms with Crippen molar-refractivity contribution in [1.29, 1.82) is 0 Å². The van der Waals surface area contributed by atoms with Crippen LogP contribution in [-0.4, -0.2) is 34.8 Å². The zero-order chi connectivity index (χ0) is 19.8. The zero-order valence-electron chi connectivity index (χ0n) is 14.5. The molecule has 1 saturated heterocycles. The normalized spacial score (nSPS) is 17.8. The maximum Gasteiger partial charge on any atom is 0.416 e. The van der Waals surface area contributed by atoms with Crippen molar-refractivity contribution in [3.8, 4) is 10.6 Å². The van der Waals surface area contributed by atoms with E-state index >= 15 is 0 Å². The molecule has 1 aromatic carbocycles. The number of hydrogen-bond donors (Lipinski definition) is 1. The van der Waals surface area contributed by atoms with Gasteiger partial charge in [-0.2, -0.15) is 13.2 Å². The Bertz CT molecular complexity index is 862. The summed E-state index contributed by atoms with van der Waals surface area (Å²) in [5.41, 5.74) is 5.65. The topological polar surface area (TPSA) is 76.3 Å². The molecule has 2 N–H and O–H groups in total. The molecule has 0 saturated carbocycles. The third-order valence-corrected chi connectivity index (χ3v) is 5.76. The lowest BCUT2D eigenvalue weighted by molar-refractivity contribution is -0.137. The number of carbonyl (C=O) groups is 2. The standard InChI is InChI=1S/C18H18F3N3O2S/c1-10-14(17(26)24-8-2-3-12(9-24)15(22)25)27-16(23-10)11-4-6-13(7-5-11)18(19,20)21/h4-7,12H,2-3,8-9H2,1H3,(H2,22,25). The van der Waals surface area contributed by atoms with Crippen LogP contribution in [0.1, 0.15) is 33.8 Å². The first-order valence-electron chi connectivity index (χ1n) is 8.40. The van der Waals surface area contributed by atoms with Gasteiger partial charge in [0.25, 0.3) is 5.91 Å². The Balaban J connectivity index is 1.82. The van der Waals surface area contributed by atoms with Crippen LogP contribution in [0.5, 0.6) is 0 Å². The van der Waals surface area contributed by atoms with Gasteiger partial charge >= 0.3 is 6.18 Å². The highest BCUT2D eigenvalue weighted by Gasteiger charge is 2.31. The first-order valence-corrected chi connectivity index (χ1v) is 9.22. The van der Waals surface area contributed by atoms with Gasteiger partial charge in [-0.1, -0.05) is 12.1 Å². The molecule has 27 heavy (non-hydrogen) atoms. The lowest BCUT2D eigenvalue weighted by Crippen LogP contribution is -2.44. The van der Waals surface area contributed by atoms with Crippen LogP contribution < -0.4 is 5.73 Å². The monoisotopic (exact) mass is 397 g/mol. The number of carbonyl (C=O) groups excluding carboxylic acids is 2.